The Morgan fingerprint density at radius 3 is 2.26 bits per heavy atom. The first-order valence-corrected chi connectivity index (χ1v) is 14.6. The smallest absolute Gasteiger partial charge is 0.154 e. The predicted molar refractivity (Wildman–Crippen MR) is 164 cm³/mol. The number of halogens is 2. The van der Waals surface area contributed by atoms with Crippen molar-refractivity contribution < 1.29 is 0 Å². The Kier molecular flexibility index (Phi) is 8.75. The van der Waals surface area contributed by atoms with Crippen LogP contribution in [0.3, 0.4) is 0 Å². The zero-order valence-electron chi connectivity index (χ0n) is 21.6. The molecule has 0 radical (unpaired) electrons. The average molecular weight is 565 g/mol. The van der Waals surface area contributed by atoms with Crippen LogP contribution in [0, 0.1) is 0 Å². The summed E-state index contributed by atoms with van der Waals surface area (Å²) in [7, 11) is 0. The normalized spacial score (nSPS) is 11.6. The Bertz CT molecular complexity index is 1530. The lowest BCUT2D eigenvalue weighted by atomic mass is 10.2. The largest absolute Gasteiger partial charge is 0.368 e. The fourth-order valence-electron chi connectivity index (χ4n) is 4.54. The fraction of sp³-hybridized carbons (Fsp3) is 0.267. The Balaban J connectivity index is 1.56. The quantitative estimate of drug-likeness (QED) is 0.163. The number of benzene rings is 3. The molecule has 0 fully saturated rings. The molecule has 0 unspecified atom stereocenters. The van der Waals surface area contributed by atoms with Gasteiger partial charge in [-0.25, -0.2) is 9.97 Å². The fourth-order valence-corrected chi connectivity index (χ4v) is 5.85. The number of rotatable bonds is 11. The molecule has 0 saturated heterocycles. The van der Waals surface area contributed by atoms with Gasteiger partial charge in [-0.05, 0) is 80.8 Å². The van der Waals surface area contributed by atoms with Crippen LogP contribution in [0.1, 0.15) is 26.7 Å². The molecule has 0 aliphatic heterocycles. The van der Waals surface area contributed by atoms with Gasteiger partial charge >= 0.3 is 0 Å². The number of nitrogens with zero attached hydrogens (tertiary/aromatic N) is 4. The molecule has 8 heteroatoms. The molecule has 5 aromatic rings. The summed E-state index contributed by atoms with van der Waals surface area (Å²) >= 11 is 14.4. The van der Waals surface area contributed by atoms with Crippen LogP contribution in [-0.2, 0) is 0 Å². The van der Waals surface area contributed by atoms with E-state index in [9.17, 15) is 0 Å². The van der Waals surface area contributed by atoms with Crippen molar-refractivity contribution in [3.8, 4) is 11.4 Å². The van der Waals surface area contributed by atoms with Gasteiger partial charge in [-0.15, -0.1) is 0 Å². The van der Waals surface area contributed by atoms with E-state index in [1.165, 1.54) is 0 Å². The van der Waals surface area contributed by atoms with E-state index in [2.05, 4.69) is 82.6 Å². The minimum atomic E-state index is 0.468. The van der Waals surface area contributed by atoms with E-state index in [-0.39, 0.29) is 0 Å². The van der Waals surface area contributed by atoms with E-state index in [1.54, 1.807) is 24.1 Å². The van der Waals surface area contributed by atoms with Gasteiger partial charge in [0, 0.05) is 16.8 Å². The van der Waals surface area contributed by atoms with E-state index in [0.717, 1.165) is 72.0 Å². The minimum absolute atomic E-state index is 0.468. The number of nitrogens with one attached hydrogen (secondary N) is 1. The third-order valence-corrected chi connectivity index (χ3v) is 8.42. The summed E-state index contributed by atoms with van der Waals surface area (Å²) in [6.45, 7) is 8.49. The topological polar surface area (TPSA) is 46.0 Å². The third-order valence-electron chi connectivity index (χ3n) is 6.64. The van der Waals surface area contributed by atoms with Crippen LogP contribution in [0.4, 0.5) is 5.82 Å². The summed E-state index contributed by atoms with van der Waals surface area (Å²) in [5.41, 5.74) is 4.32. The Hall–Kier alpha value is -2.77. The highest BCUT2D eigenvalue weighted by molar-refractivity contribution is 7.98. The van der Waals surface area contributed by atoms with Gasteiger partial charge in [0.25, 0.3) is 0 Å². The Labute approximate surface area is 238 Å². The number of fused-ring (bicyclic) bond motifs is 2. The molecule has 2 heterocycles. The van der Waals surface area contributed by atoms with Crippen molar-refractivity contribution in [1.82, 2.24) is 18.8 Å². The second-order valence-electron chi connectivity index (χ2n) is 9.12. The van der Waals surface area contributed by atoms with Gasteiger partial charge in [0.15, 0.2) is 5.82 Å². The summed E-state index contributed by atoms with van der Waals surface area (Å²) in [5, 5.41) is 5.68. The maximum atomic E-state index is 6.37. The van der Waals surface area contributed by atoms with Crippen LogP contribution in [-0.4, -0.2) is 45.0 Å². The first-order chi connectivity index (χ1) is 18.6. The van der Waals surface area contributed by atoms with E-state index >= 15 is 0 Å². The summed E-state index contributed by atoms with van der Waals surface area (Å²) in [6.07, 6.45) is 2.16. The van der Waals surface area contributed by atoms with Crippen molar-refractivity contribution in [3.05, 3.63) is 82.8 Å². The van der Waals surface area contributed by atoms with E-state index in [4.69, 9.17) is 33.2 Å². The molecule has 1 N–H and O–H groups in total. The van der Waals surface area contributed by atoms with Crippen molar-refractivity contribution in [2.24, 2.45) is 0 Å². The van der Waals surface area contributed by atoms with Gasteiger partial charge in [-0.2, -0.15) is 0 Å². The van der Waals surface area contributed by atoms with Gasteiger partial charge in [0.2, 0.25) is 0 Å². The monoisotopic (exact) mass is 563 g/mol. The number of unbranched alkanes of at least 4 members (excludes halogenated alkanes) is 1. The van der Waals surface area contributed by atoms with E-state index < -0.39 is 0 Å². The maximum absolute atomic E-state index is 6.37. The molecule has 196 valence electrons. The van der Waals surface area contributed by atoms with Crippen LogP contribution < -0.4 is 5.32 Å². The summed E-state index contributed by atoms with van der Waals surface area (Å²) in [5.74, 6) is 0.747. The maximum Gasteiger partial charge on any atom is 0.154 e. The molecule has 5 nitrogen and oxygen atoms in total. The minimum Gasteiger partial charge on any atom is -0.368 e. The lowest BCUT2D eigenvalue weighted by molar-refractivity contribution is 0.298. The lowest BCUT2D eigenvalue weighted by Crippen LogP contribution is -2.24. The van der Waals surface area contributed by atoms with Gasteiger partial charge in [0.1, 0.15) is 5.69 Å². The highest BCUT2D eigenvalue weighted by Crippen LogP contribution is 2.38. The molecular formula is C30H31Cl2N5S. The molecule has 0 bridgehead atoms. The molecule has 3 aromatic carbocycles. The molecule has 38 heavy (non-hydrogen) atoms. The molecule has 2 aromatic heterocycles. The van der Waals surface area contributed by atoms with Crippen LogP contribution in [0.5, 0.6) is 0 Å². The van der Waals surface area contributed by atoms with Gasteiger partial charge in [-0.1, -0.05) is 73.4 Å². The van der Waals surface area contributed by atoms with Crippen molar-refractivity contribution in [2.75, 3.05) is 31.5 Å². The van der Waals surface area contributed by atoms with E-state index in [1.807, 2.05) is 6.07 Å². The molecule has 5 rings (SSSR count). The number of hydrogen-bond acceptors (Lipinski definition) is 5. The van der Waals surface area contributed by atoms with Crippen LogP contribution >= 0.6 is 35.1 Å². The number of anilines is 1. The zero-order valence-corrected chi connectivity index (χ0v) is 24.0. The molecule has 0 aliphatic rings. The highest BCUT2D eigenvalue weighted by atomic mass is 35.5. The standard InChI is InChI=1S/C30H31Cl2N5S/c1-3-36(4-2)17-11-10-16-33-30-29(34-25-19-23(31)24(32)20-26(25)35-30)28-18-21-12-8-9-15-27(21)37(28)38-22-13-6-5-7-14-22/h5-9,12-15,18-20H,3-4,10-11,16-17H2,1-2H3,(H,33,35). The van der Waals surface area contributed by atoms with Gasteiger partial charge < -0.3 is 10.2 Å². The molecule has 0 spiro atoms. The highest BCUT2D eigenvalue weighted by Gasteiger charge is 2.19. The molecule has 0 amide bonds. The average Bonchev–Trinajstić information content (AvgIpc) is 3.30. The summed E-state index contributed by atoms with van der Waals surface area (Å²) in [4.78, 5) is 13.7. The van der Waals surface area contributed by atoms with Crippen molar-refractivity contribution in [1.29, 1.82) is 0 Å². The molecular weight excluding hydrogens is 533 g/mol. The molecule has 0 atom stereocenters. The second kappa shape index (κ2) is 12.4. The number of hydrogen-bond donors (Lipinski definition) is 1. The van der Waals surface area contributed by atoms with Crippen molar-refractivity contribution in [2.45, 2.75) is 31.6 Å². The predicted octanol–water partition coefficient (Wildman–Crippen LogP) is 8.65. The SMILES string of the molecule is CCN(CC)CCCCNc1nc2cc(Cl)c(Cl)cc2nc1-c1cc2ccccc2n1Sc1ccccc1. The summed E-state index contributed by atoms with van der Waals surface area (Å²) < 4.78 is 2.24. The third kappa shape index (κ3) is 5.94. The Morgan fingerprint density at radius 1 is 0.842 bits per heavy atom. The number of para-hydroxylation sites is 1. The van der Waals surface area contributed by atoms with Gasteiger partial charge in [0.05, 0.1) is 32.3 Å². The summed E-state index contributed by atoms with van der Waals surface area (Å²) in [6, 6.07) is 24.5. The molecule has 0 aliphatic carbocycles. The van der Waals surface area contributed by atoms with Crippen LogP contribution in [0.25, 0.3) is 33.3 Å². The Morgan fingerprint density at radius 2 is 1.53 bits per heavy atom. The van der Waals surface area contributed by atoms with E-state index in [0.29, 0.717) is 21.1 Å². The zero-order chi connectivity index (χ0) is 26.5. The number of aromatic nitrogens is 3. The second-order valence-corrected chi connectivity index (χ2v) is 11.0. The van der Waals surface area contributed by atoms with Crippen LogP contribution in [0.2, 0.25) is 10.0 Å². The first-order valence-electron chi connectivity index (χ1n) is 13.0. The van der Waals surface area contributed by atoms with Gasteiger partial charge in [-0.3, -0.25) is 3.97 Å². The van der Waals surface area contributed by atoms with Crippen molar-refractivity contribution in [3.63, 3.8) is 0 Å². The lowest BCUT2D eigenvalue weighted by Gasteiger charge is -2.18. The first kappa shape index (κ1) is 26.8. The van der Waals surface area contributed by atoms with Crippen LogP contribution in [0.15, 0.2) is 77.7 Å². The molecule has 0 saturated carbocycles. The van der Waals surface area contributed by atoms with Crippen molar-refractivity contribution >= 4 is 62.9 Å².